The van der Waals surface area contributed by atoms with E-state index in [0.717, 1.165) is 18.4 Å². The monoisotopic (exact) mass is 1310 g/mol. The van der Waals surface area contributed by atoms with Gasteiger partial charge in [-0.15, -0.1) is 0 Å². The Bertz CT molecular complexity index is 2580. The normalized spacial score (nSPS) is 54.7. The van der Waals surface area contributed by atoms with Crippen molar-refractivity contribution >= 4 is 5.97 Å². The predicted octanol–water partition coefficient (Wildman–Crippen LogP) is -3.83. The molecule has 6 saturated heterocycles. The summed E-state index contributed by atoms with van der Waals surface area (Å²) in [6.45, 7) is 13.5. The van der Waals surface area contributed by atoms with Crippen LogP contribution in [-0.4, -0.2) is 293 Å². The zero-order valence-electron chi connectivity index (χ0n) is 52.9. The van der Waals surface area contributed by atoms with Gasteiger partial charge in [-0.25, -0.2) is 0 Å². The van der Waals surface area contributed by atoms with Crippen LogP contribution in [0.15, 0.2) is 11.6 Å². The largest absolute Gasteiger partial charge is 0.432 e. The summed E-state index contributed by atoms with van der Waals surface area (Å²) < 4.78 is 71.7. The first-order chi connectivity index (χ1) is 42.6. The maximum atomic E-state index is 15.6. The lowest BCUT2D eigenvalue weighted by Crippen LogP contribution is -2.68. The zero-order valence-corrected chi connectivity index (χ0v) is 52.9. The van der Waals surface area contributed by atoms with Gasteiger partial charge in [-0.05, 0) is 110 Å². The molecule has 0 aromatic carbocycles. The molecule has 0 bridgehead atoms. The molecule has 34 atom stereocenters. The number of esters is 1. The number of hydrogen-bond acceptors (Lipinski definition) is 29. The Morgan fingerprint density at radius 1 is 0.560 bits per heavy atom. The fraction of sp³-hybridized carbons (Fsp3) is 0.952. The summed E-state index contributed by atoms with van der Waals surface area (Å²) in [6.07, 6.45) is -33.6. The van der Waals surface area contributed by atoms with E-state index in [4.69, 9.17) is 56.8 Å². The van der Waals surface area contributed by atoms with Gasteiger partial charge >= 0.3 is 5.97 Å². The SMILES string of the molecule is C[C@@H]1O[C@@H](O[C@H]2[C@H](OC(=O)[C@]34CCC(C)(C)C[C@H]3C3=CC[C@@H]5[C@@]6(C)C[C@H](O)[C@H](O[C@@H]7O[C@H](CO[C@@H]8OC[C@H](O)[C@H](O)[C@H]8O)[C@@H](O)[C@H](O)[C@H]7O)C(C)(C)[C@@H]6CC[C@@]5(C)[C@]3(C)CC4)OC[C@@H](O)[C@@H]2O)[C@H](O)[C@H](O[C@@H]2OC[C@](O)(CO)[C@H]2O)[C@H]1O[C@@H]1OC[C@@H](O)[C@H](O)[C@H]1O. The number of carbonyl (C=O) groups is 1. The Balaban J connectivity index is 0.811. The van der Waals surface area contributed by atoms with Crippen LogP contribution in [0.1, 0.15) is 113 Å². The number of allylic oxidation sites excluding steroid dienone is 2. The Morgan fingerprint density at radius 2 is 1.14 bits per heavy atom. The van der Waals surface area contributed by atoms with Crippen LogP contribution >= 0.6 is 0 Å². The molecule has 0 aromatic rings. The third kappa shape index (κ3) is 12.0. The summed E-state index contributed by atoms with van der Waals surface area (Å²) in [5.74, 6) is -0.960. The highest BCUT2D eigenvalue weighted by molar-refractivity contribution is 5.79. The summed E-state index contributed by atoms with van der Waals surface area (Å²) in [4.78, 5) is 15.6. The second-order valence-corrected chi connectivity index (χ2v) is 30.4. The van der Waals surface area contributed by atoms with Crippen LogP contribution < -0.4 is 0 Å². The van der Waals surface area contributed by atoms with Crippen LogP contribution in [0.2, 0.25) is 0 Å². The summed E-state index contributed by atoms with van der Waals surface area (Å²) in [5.41, 5.74) is -4.41. The molecule has 5 aliphatic carbocycles. The van der Waals surface area contributed by atoms with Gasteiger partial charge in [0.1, 0.15) is 103 Å². The van der Waals surface area contributed by atoms with E-state index in [0.29, 0.717) is 44.9 Å². The molecule has 29 nitrogen and oxygen atoms in total. The predicted molar refractivity (Wildman–Crippen MR) is 304 cm³/mol. The Hall–Kier alpha value is -1.87. The van der Waals surface area contributed by atoms with Gasteiger partial charge in [0.15, 0.2) is 37.6 Å². The molecule has 16 N–H and O–H groups in total. The highest BCUT2D eigenvalue weighted by atomic mass is 16.8. The molecule has 4 saturated carbocycles. The Labute approximate surface area is 527 Å². The second-order valence-electron chi connectivity index (χ2n) is 30.4. The van der Waals surface area contributed by atoms with Crippen molar-refractivity contribution in [2.45, 2.75) is 279 Å². The number of carbonyl (C=O) groups excluding carboxylic acids is 1. The minimum Gasteiger partial charge on any atom is -0.432 e. The van der Waals surface area contributed by atoms with Crippen LogP contribution in [0.25, 0.3) is 0 Å². The maximum Gasteiger partial charge on any atom is 0.315 e. The number of aliphatic hydroxyl groups is 16. The van der Waals surface area contributed by atoms with Gasteiger partial charge in [0.2, 0.25) is 6.29 Å². The van der Waals surface area contributed by atoms with Crippen molar-refractivity contribution in [1.29, 1.82) is 0 Å². The first-order valence-corrected chi connectivity index (χ1v) is 32.4. The van der Waals surface area contributed by atoms with Crippen LogP contribution in [0.3, 0.4) is 0 Å². The topological polar surface area (TPSA) is 452 Å². The molecule has 29 heteroatoms. The van der Waals surface area contributed by atoms with Gasteiger partial charge in [-0.3, -0.25) is 4.79 Å². The van der Waals surface area contributed by atoms with Gasteiger partial charge < -0.3 is 139 Å². The van der Waals surface area contributed by atoms with Crippen molar-refractivity contribution in [1.82, 2.24) is 0 Å². The van der Waals surface area contributed by atoms with Crippen LogP contribution in [0.5, 0.6) is 0 Å². The quantitative estimate of drug-likeness (QED) is 0.0450. The molecule has 6 heterocycles. The second kappa shape index (κ2) is 25.8. The number of aliphatic hydroxyl groups excluding tert-OH is 15. The molecule has 11 rings (SSSR count). The zero-order chi connectivity index (χ0) is 66.2. The molecule has 10 fully saturated rings. The average molecular weight is 1310 g/mol. The highest BCUT2D eigenvalue weighted by Crippen LogP contribution is 2.76. The van der Waals surface area contributed by atoms with Crippen molar-refractivity contribution in [3.63, 3.8) is 0 Å². The van der Waals surface area contributed by atoms with E-state index in [9.17, 15) is 81.7 Å². The molecular weight excluding hydrogens is 1210 g/mol. The van der Waals surface area contributed by atoms with Crippen molar-refractivity contribution < 1.29 is 143 Å². The van der Waals surface area contributed by atoms with E-state index in [1.54, 1.807) is 0 Å². The summed E-state index contributed by atoms with van der Waals surface area (Å²) in [7, 11) is 0. The molecule has 0 spiro atoms. The molecule has 0 amide bonds. The van der Waals surface area contributed by atoms with E-state index < -0.39 is 226 Å². The Morgan fingerprint density at radius 3 is 1.80 bits per heavy atom. The van der Waals surface area contributed by atoms with Gasteiger partial charge in [0.25, 0.3) is 0 Å². The molecule has 522 valence electrons. The molecular formula is C62H100O29. The van der Waals surface area contributed by atoms with E-state index in [1.165, 1.54) is 6.92 Å². The van der Waals surface area contributed by atoms with Gasteiger partial charge in [-0.2, -0.15) is 0 Å². The molecule has 91 heavy (non-hydrogen) atoms. The molecule has 6 aliphatic heterocycles. The van der Waals surface area contributed by atoms with Gasteiger partial charge in [0.05, 0.1) is 63.4 Å². The standard InChI is InChI=1S/C62H100O29/c1-25-44(87-50-41(74)36(69)30(66)20-81-50)45(88-54-47(77)62(79,23-63)24-84-54)43(76)52(85-25)89-46-37(70)31(67)21-82-53(46)91-55(78)61-15-13-56(2,3)17-27(61)26-9-10-34-58(6)18-28(64)48(57(4,5)33(58)11-12-60(34,8)59(26,7)14-16-61)90-51-42(75)39(72)38(71)32(86-51)22-83-49-40(73)35(68)29(65)19-80-49/h9,25,27-54,63-77,79H,10-24H2,1-8H3/t25-,27-,28-,29-,30+,31+,32+,33-,34+,35-,36-,37-,38+,39-,40+,41+,42+,43+,44-,45-,46+,47-,48-,49-,50-,51-,52-,53-,54-,58-,59+,60+,61-,62+/m0/s1. The summed E-state index contributed by atoms with van der Waals surface area (Å²) >= 11 is 0. The summed E-state index contributed by atoms with van der Waals surface area (Å²) in [5, 5.41) is 174. The fourth-order valence-electron chi connectivity index (χ4n) is 18.4. The van der Waals surface area contributed by atoms with Crippen LogP contribution in [0, 0.1) is 50.2 Å². The molecule has 0 radical (unpaired) electrons. The lowest BCUT2D eigenvalue weighted by atomic mass is 9.33. The van der Waals surface area contributed by atoms with Crippen molar-refractivity contribution in [2.75, 3.05) is 39.6 Å². The Kier molecular flexibility index (Phi) is 19.9. The van der Waals surface area contributed by atoms with Crippen molar-refractivity contribution in [2.24, 2.45) is 50.2 Å². The highest BCUT2D eigenvalue weighted by Gasteiger charge is 2.71. The van der Waals surface area contributed by atoms with Crippen LogP contribution in [-0.2, 0) is 61.6 Å². The summed E-state index contributed by atoms with van der Waals surface area (Å²) in [6, 6.07) is 0. The molecule has 0 unspecified atom stereocenters. The molecule has 11 aliphatic rings. The van der Waals surface area contributed by atoms with E-state index >= 15 is 4.79 Å². The fourth-order valence-corrected chi connectivity index (χ4v) is 18.4. The third-order valence-electron chi connectivity index (χ3n) is 24.1. The number of hydrogen-bond donors (Lipinski definition) is 16. The number of ether oxygens (including phenoxy) is 12. The van der Waals surface area contributed by atoms with Crippen molar-refractivity contribution in [3.8, 4) is 0 Å². The lowest BCUT2D eigenvalue weighted by molar-refractivity contribution is -0.381. The smallest absolute Gasteiger partial charge is 0.315 e. The first-order valence-electron chi connectivity index (χ1n) is 32.4. The van der Waals surface area contributed by atoms with E-state index in [2.05, 4.69) is 40.7 Å². The van der Waals surface area contributed by atoms with Gasteiger partial charge in [0, 0.05) is 0 Å². The number of fused-ring (bicyclic) bond motifs is 7. The molecule has 0 aromatic heterocycles. The van der Waals surface area contributed by atoms with Crippen LogP contribution in [0.4, 0.5) is 0 Å². The van der Waals surface area contributed by atoms with Gasteiger partial charge in [-0.1, -0.05) is 60.1 Å². The van der Waals surface area contributed by atoms with E-state index in [-0.39, 0.29) is 35.2 Å². The minimum absolute atomic E-state index is 0.0208. The van der Waals surface area contributed by atoms with Crippen molar-refractivity contribution in [3.05, 3.63) is 11.6 Å². The maximum absolute atomic E-state index is 15.6. The number of rotatable bonds is 14. The third-order valence-corrected chi connectivity index (χ3v) is 24.1. The lowest BCUT2D eigenvalue weighted by Gasteiger charge is -2.71. The minimum atomic E-state index is -2.17. The van der Waals surface area contributed by atoms with E-state index in [1.807, 2.05) is 13.8 Å². The first kappa shape index (κ1) is 70.4. The average Bonchev–Trinajstić information content (AvgIpc) is 0.934.